The Balaban J connectivity index is 1.86. The van der Waals surface area contributed by atoms with Crippen LogP contribution < -0.4 is 10.1 Å². The molecule has 0 fully saturated rings. The lowest BCUT2D eigenvalue weighted by Gasteiger charge is -2.26. The average Bonchev–Trinajstić information content (AvgIpc) is 2.90. The first kappa shape index (κ1) is 14.6. The van der Waals surface area contributed by atoms with Crippen LogP contribution in [0.3, 0.4) is 0 Å². The molecule has 0 bridgehead atoms. The zero-order valence-electron chi connectivity index (χ0n) is 13.1. The Labute approximate surface area is 129 Å². The third kappa shape index (κ3) is 2.58. The fourth-order valence-corrected chi connectivity index (χ4v) is 2.78. The van der Waals surface area contributed by atoms with Crippen molar-refractivity contribution < 1.29 is 14.1 Å². The lowest BCUT2D eigenvalue weighted by molar-refractivity contribution is 0.0921. The van der Waals surface area contributed by atoms with Gasteiger partial charge >= 0.3 is 0 Å². The van der Waals surface area contributed by atoms with Gasteiger partial charge in [-0.1, -0.05) is 37.2 Å². The highest BCUT2D eigenvalue weighted by Gasteiger charge is 2.27. The highest BCUT2D eigenvalue weighted by Crippen LogP contribution is 2.32. The molecule has 0 saturated carbocycles. The summed E-state index contributed by atoms with van der Waals surface area (Å²) in [6, 6.07) is 7.76. The maximum absolute atomic E-state index is 12.7. The van der Waals surface area contributed by atoms with Crippen LogP contribution in [-0.4, -0.2) is 17.7 Å². The lowest BCUT2D eigenvalue weighted by atomic mass is 9.99. The summed E-state index contributed by atoms with van der Waals surface area (Å²) < 4.78 is 10.9. The van der Waals surface area contributed by atoms with Crippen LogP contribution in [-0.2, 0) is 0 Å². The van der Waals surface area contributed by atoms with Crippen LogP contribution in [0.4, 0.5) is 0 Å². The van der Waals surface area contributed by atoms with Crippen molar-refractivity contribution in [2.75, 3.05) is 6.61 Å². The van der Waals surface area contributed by atoms with E-state index in [0.29, 0.717) is 23.6 Å². The largest absolute Gasteiger partial charge is 0.493 e. The second-order valence-corrected chi connectivity index (χ2v) is 5.86. The normalized spacial score (nSPS) is 17.0. The Hall–Kier alpha value is -2.30. The topological polar surface area (TPSA) is 64.4 Å². The van der Waals surface area contributed by atoms with Crippen LogP contribution in [0, 0.1) is 6.92 Å². The summed E-state index contributed by atoms with van der Waals surface area (Å²) in [6.07, 6.45) is 0.754. The van der Waals surface area contributed by atoms with Gasteiger partial charge in [-0.25, -0.2) is 0 Å². The molecular formula is C17H20N2O3. The Morgan fingerprint density at radius 1 is 1.36 bits per heavy atom. The number of ether oxygens (including phenoxy) is 1. The molecule has 1 atom stereocenters. The summed E-state index contributed by atoms with van der Waals surface area (Å²) in [7, 11) is 0. The molecule has 1 aliphatic heterocycles. The number of carbonyl (C=O) groups is 1. The Bertz CT molecular complexity index is 691. The number of nitrogens with zero attached hydrogens (tertiary/aromatic N) is 1. The zero-order chi connectivity index (χ0) is 15.7. The second kappa shape index (κ2) is 5.83. The molecule has 1 aliphatic rings. The van der Waals surface area contributed by atoms with Gasteiger partial charge in [0.25, 0.3) is 5.91 Å². The van der Waals surface area contributed by atoms with Gasteiger partial charge in [-0.2, -0.15) is 0 Å². The number of aromatic nitrogens is 1. The minimum Gasteiger partial charge on any atom is -0.493 e. The summed E-state index contributed by atoms with van der Waals surface area (Å²) in [4.78, 5) is 12.7. The standard InChI is InChI=1S/C17H20N2O3/c1-10(2)16-15(11(3)19-22-16)17(20)18-13-8-9-21-14-7-5-4-6-12(13)14/h4-7,10,13H,8-9H2,1-3H3,(H,18,20)/t13-/m0/s1. The minimum absolute atomic E-state index is 0.0493. The maximum Gasteiger partial charge on any atom is 0.257 e. The van der Waals surface area contributed by atoms with E-state index in [2.05, 4.69) is 10.5 Å². The minimum atomic E-state index is -0.135. The zero-order valence-corrected chi connectivity index (χ0v) is 13.1. The van der Waals surface area contributed by atoms with Crippen molar-refractivity contribution in [2.45, 2.75) is 39.2 Å². The molecule has 22 heavy (non-hydrogen) atoms. The molecule has 2 aromatic rings. The quantitative estimate of drug-likeness (QED) is 0.944. The van der Waals surface area contributed by atoms with Crippen LogP contribution in [0.1, 0.15) is 59.6 Å². The first-order valence-electron chi connectivity index (χ1n) is 7.56. The summed E-state index contributed by atoms with van der Waals surface area (Å²) in [6.45, 7) is 6.37. The summed E-state index contributed by atoms with van der Waals surface area (Å²) in [5.74, 6) is 1.45. The molecule has 0 aliphatic carbocycles. The molecule has 0 unspecified atom stereocenters. The Kier molecular flexibility index (Phi) is 3.88. The number of hydrogen-bond acceptors (Lipinski definition) is 4. The van der Waals surface area contributed by atoms with Crippen LogP contribution in [0.5, 0.6) is 5.75 Å². The van der Waals surface area contributed by atoms with Gasteiger partial charge in [-0.3, -0.25) is 4.79 Å². The first-order valence-corrected chi connectivity index (χ1v) is 7.56. The van der Waals surface area contributed by atoms with E-state index in [1.165, 1.54) is 0 Å². The SMILES string of the molecule is Cc1noc(C(C)C)c1C(=O)N[C@H]1CCOc2ccccc21. The molecule has 1 aromatic heterocycles. The van der Waals surface area contributed by atoms with Gasteiger partial charge in [-0.15, -0.1) is 0 Å². The molecule has 3 rings (SSSR count). The third-order valence-corrected chi connectivity index (χ3v) is 3.90. The van der Waals surface area contributed by atoms with Gasteiger partial charge in [0.05, 0.1) is 18.3 Å². The van der Waals surface area contributed by atoms with E-state index in [0.717, 1.165) is 17.7 Å². The number of fused-ring (bicyclic) bond motifs is 1. The Morgan fingerprint density at radius 3 is 2.91 bits per heavy atom. The molecule has 2 heterocycles. The van der Waals surface area contributed by atoms with Crippen molar-refractivity contribution in [3.8, 4) is 5.75 Å². The highest BCUT2D eigenvalue weighted by atomic mass is 16.5. The van der Waals surface area contributed by atoms with E-state index in [4.69, 9.17) is 9.26 Å². The Morgan fingerprint density at radius 2 is 2.14 bits per heavy atom. The van der Waals surface area contributed by atoms with Crippen LogP contribution >= 0.6 is 0 Å². The van der Waals surface area contributed by atoms with Crippen molar-refractivity contribution in [1.82, 2.24) is 10.5 Å². The number of para-hydroxylation sites is 1. The number of benzene rings is 1. The van der Waals surface area contributed by atoms with E-state index in [1.54, 1.807) is 6.92 Å². The average molecular weight is 300 g/mol. The van der Waals surface area contributed by atoms with E-state index >= 15 is 0 Å². The number of amides is 1. The van der Waals surface area contributed by atoms with E-state index in [1.807, 2.05) is 38.1 Å². The smallest absolute Gasteiger partial charge is 0.257 e. The molecule has 1 amide bonds. The molecular weight excluding hydrogens is 280 g/mol. The maximum atomic E-state index is 12.7. The number of aryl methyl sites for hydroxylation is 1. The molecule has 5 nitrogen and oxygen atoms in total. The van der Waals surface area contributed by atoms with Gasteiger partial charge in [0.2, 0.25) is 0 Å². The fraction of sp³-hybridized carbons (Fsp3) is 0.412. The van der Waals surface area contributed by atoms with Crippen LogP contribution in [0.2, 0.25) is 0 Å². The molecule has 0 radical (unpaired) electrons. The van der Waals surface area contributed by atoms with Crippen LogP contribution in [0.25, 0.3) is 0 Å². The molecule has 116 valence electrons. The predicted octanol–water partition coefficient (Wildman–Crippen LogP) is 3.36. The fourth-order valence-electron chi connectivity index (χ4n) is 2.78. The first-order chi connectivity index (χ1) is 10.6. The number of carbonyl (C=O) groups excluding carboxylic acids is 1. The van der Waals surface area contributed by atoms with Crippen LogP contribution in [0.15, 0.2) is 28.8 Å². The number of nitrogens with one attached hydrogen (secondary N) is 1. The van der Waals surface area contributed by atoms with Gasteiger partial charge < -0.3 is 14.6 Å². The van der Waals surface area contributed by atoms with Gasteiger partial charge in [0, 0.05) is 17.9 Å². The molecule has 5 heteroatoms. The predicted molar refractivity (Wildman–Crippen MR) is 82.1 cm³/mol. The molecule has 0 saturated heterocycles. The van der Waals surface area contributed by atoms with Crippen molar-refractivity contribution in [3.63, 3.8) is 0 Å². The summed E-state index contributed by atoms with van der Waals surface area (Å²) in [5.41, 5.74) is 2.20. The summed E-state index contributed by atoms with van der Waals surface area (Å²) >= 11 is 0. The monoisotopic (exact) mass is 300 g/mol. The lowest BCUT2D eigenvalue weighted by Crippen LogP contribution is -2.32. The van der Waals surface area contributed by atoms with Crippen molar-refractivity contribution in [3.05, 3.63) is 46.8 Å². The molecule has 1 N–H and O–H groups in total. The van der Waals surface area contributed by atoms with Crippen molar-refractivity contribution >= 4 is 5.91 Å². The van der Waals surface area contributed by atoms with Crippen molar-refractivity contribution in [1.29, 1.82) is 0 Å². The van der Waals surface area contributed by atoms with Gasteiger partial charge in [-0.05, 0) is 13.0 Å². The van der Waals surface area contributed by atoms with Gasteiger partial charge in [0.15, 0.2) is 5.76 Å². The molecule has 0 spiro atoms. The number of rotatable bonds is 3. The number of hydrogen-bond donors (Lipinski definition) is 1. The highest BCUT2D eigenvalue weighted by molar-refractivity contribution is 5.96. The van der Waals surface area contributed by atoms with E-state index in [-0.39, 0.29) is 17.9 Å². The molecule has 1 aromatic carbocycles. The van der Waals surface area contributed by atoms with Gasteiger partial charge in [0.1, 0.15) is 11.3 Å². The van der Waals surface area contributed by atoms with E-state index < -0.39 is 0 Å². The third-order valence-electron chi connectivity index (χ3n) is 3.90. The van der Waals surface area contributed by atoms with Crippen molar-refractivity contribution in [2.24, 2.45) is 0 Å². The summed E-state index contributed by atoms with van der Waals surface area (Å²) in [5, 5.41) is 7.03. The van der Waals surface area contributed by atoms with E-state index in [9.17, 15) is 4.79 Å². The second-order valence-electron chi connectivity index (χ2n) is 5.86.